The Kier molecular flexibility index (Phi) is 10.6. The summed E-state index contributed by atoms with van der Waals surface area (Å²) >= 11 is 0. The molecule has 0 radical (unpaired) electrons. The van der Waals surface area contributed by atoms with Crippen LogP contribution in [0.4, 0.5) is 0 Å². The minimum atomic E-state index is -0.148. The van der Waals surface area contributed by atoms with Gasteiger partial charge in [0.2, 0.25) is 11.8 Å². The predicted molar refractivity (Wildman–Crippen MR) is 120 cm³/mol. The first-order chi connectivity index (χ1) is 13.9. The summed E-state index contributed by atoms with van der Waals surface area (Å²) in [5.41, 5.74) is 3.70. The molecular formula is C24H30N2O3. The van der Waals surface area contributed by atoms with Crippen LogP contribution in [0.25, 0.3) is 0 Å². The Balaban J connectivity index is 2.64. The summed E-state index contributed by atoms with van der Waals surface area (Å²) in [7, 11) is 0. The molecule has 1 aromatic rings. The van der Waals surface area contributed by atoms with Gasteiger partial charge in [0, 0.05) is 24.7 Å². The van der Waals surface area contributed by atoms with Gasteiger partial charge in [-0.05, 0) is 56.0 Å². The molecule has 154 valence electrons. The number of amides is 1. The SMILES string of the molecule is C=C/C(O)=C(\C=C)CCNC(=O)C/C=C/OC(=N/C=C/C)c1c(C)cccc1C. The van der Waals surface area contributed by atoms with E-state index >= 15 is 0 Å². The predicted octanol–water partition coefficient (Wildman–Crippen LogP) is 5.19. The lowest BCUT2D eigenvalue weighted by Crippen LogP contribution is -2.23. The van der Waals surface area contributed by atoms with Crippen molar-refractivity contribution in [2.45, 2.75) is 33.6 Å². The second-order valence-electron chi connectivity index (χ2n) is 6.30. The number of aliphatic hydroxyl groups excluding tert-OH is 1. The minimum Gasteiger partial charge on any atom is -0.508 e. The third-order valence-corrected chi connectivity index (χ3v) is 4.10. The molecule has 0 aliphatic rings. The fourth-order valence-electron chi connectivity index (χ4n) is 2.59. The van der Waals surface area contributed by atoms with Gasteiger partial charge in [0.05, 0.1) is 6.26 Å². The molecule has 0 unspecified atom stereocenters. The third-order valence-electron chi connectivity index (χ3n) is 4.10. The van der Waals surface area contributed by atoms with Crippen LogP contribution in [0.15, 0.2) is 84.4 Å². The summed E-state index contributed by atoms with van der Waals surface area (Å²) in [6, 6.07) is 6.00. The van der Waals surface area contributed by atoms with E-state index in [0.29, 0.717) is 24.4 Å². The molecule has 0 heterocycles. The Morgan fingerprint density at radius 2 is 1.93 bits per heavy atom. The van der Waals surface area contributed by atoms with Crippen LogP contribution in [-0.2, 0) is 9.53 Å². The molecule has 0 bridgehead atoms. The second kappa shape index (κ2) is 12.9. The number of aryl methyl sites for hydroxylation is 2. The Bertz CT molecular complexity index is 825. The molecular weight excluding hydrogens is 364 g/mol. The standard InChI is InChI=1S/C24H30N2O3/c1-6-15-26-24(23-18(4)11-9-12-19(23)5)29-17-10-13-22(28)25-16-14-20(7-2)21(27)8-3/h6-12,15,17,27H,2-3,13-14,16H2,1,4-5H3,(H,25,28)/b15-6+,17-10+,21-20-,26-24?. The topological polar surface area (TPSA) is 70.9 Å². The highest BCUT2D eigenvalue weighted by atomic mass is 16.5. The Labute approximate surface area is 173 Å². The molecule has 0 atom stereocenters. The molecule has 0 fully saturated rings. The lowest BCUT2D eigenvalue weighted by molar-refractivity contribution is -0.120. The molecule has 1 amide bonds. The molecule has 0 aliphatic heterocycles. The van der Waals surface area contributed by atoms with Gasteiger partial charge in [0.15, 0.2) is 0 Å². The number of carbonyl (C=O) groups excluding carboxylic acids is 1. The number of aliphatic imine (C=N–C) groups is 1. The van der Waals surface area contributed by atoms with Gasteiger partial charge in [0.1, 0.15) is 5.76 Å². The zero-order chi connectivity index (χ0) is 21.6. The van der Waals surface area contributed by atoms with E-state index in [1.54, 1.807) is 18.4 Å². The molecule has 0 saturated heterocycles. The van der Waals surface area contributed by atoms with Crippen molar-refractivity contribution in [3.8, 4) is 0 Å². The van der Waals surface area contributed by atoms with Gasteiger partial charge >= 0.3 is 0 Å². The van der Waals surface area contributed by atoms with E-state index in [-0.39, 0.29) is 18.1 Å². The maximum atomic E-state index is 12.0. The molecule has 1 rings (SSSR count). The molecule has 5 heteroatoms. The number of aliphatic hydroxyl groups is 1. The van der Waals surface area contributed by atoms with Crippen LogP contribution in [0.3, 0.4) is 0 Å². The number of nitrogens with one attached hydrogen (secondary N) is 1. The number of carbonyl (C=O) groups is 1. The average Bonchev–Trinajstić information content (AvgIpc) is 2.71. The van der Waals surface area contributed by atoms with E-state index < -0.39 is 0 Å². The van der Waals surface area contributed by atoms with Crippen molar-refractivity contribution in [3.05, 3.63) is 96.1 Å². The Morgan fingerprint density at radius 3 is 2.52 bits per heavy atom. The van der Waals surface area contributed by atoms with Crippen molar-refractivity contribution in [2.75, 3.05) is 6.54 Å². The highest BCUT2D eigenvalue weighted by Crippen LogP contribution is 2.16. The highest BCUT2D eigenvalue weighted by Gasteiger charge is 2.10. The highest BCUT2D eigenvalue weighted by molar-refractivity contribution is 5.97. The maximum Gasteiger partial charge on any atom is 0.226 e. The Hall–Kier alpha value is -3.34. The quantitative estimate of drug-likeness (QED) is 0.248. The summed E-state index contributed by atoms with van der Waals surface area (Å²) in [4.78, 5) is 16.3. The van der Waals surface area contributed by atoms with E-state index in [2.05, 4.69) is 23.5 Å². The third kappa shape index (κ3) is 8.05. The first-order valence-electron chi connectivity index (χ1n) is 9.45. The summed E-state index contributed by atoms with van der Waals surface area (Å²) in [5.74, 6) is 0.406. The first-order valence-corrected chi connectivity index (χ1v) is 9.45. The van der Waals surface area contributed by atoms with Crippen molar-refractivity contribution < 1.29 is 14.6 Å². The van der Waals surface area contributed by atoms with Crippen molar-refractivity contribution in [1.29, 1.82) is 0 Å². The van der Waals surface area contributed by atoms with Crippen LogP contribution in [0, 0.1) is 13.8 Å². The smallest absolute Gasteiger partial charge is 0.226 e. The van der Waals surface area contributed by atoms with Crippen molar-refractivity contribution in [3.63, 3.8) is 0 Å². The monoisotopic (exact) mass is 394 g/mol. The fraction of sp³-hybridized carbons (Fsp3) is 0.250. The Morgan fingerprint density at radius 1 is 1.24 bits per heavy atom. The molecule has 0 aromatic heterocycles. The number of hydrogen-bond donors (Lipinski definition) is 2. The van der Waals surface area contributed by atoms with E-state index in [0.717, 1.165) is 16.7 Å². The molecule has 5 nitrogen and oxygen atoms in total. The minimum absolute atomic E-state index is 0.0713. The van der Waals surface area contributed by atoms with Crippen molar-refractivity contribution >= 4 is 11.8 Å². The van der Waals surface area contributed by atoms with Crippen molar-refractivity contribution in [2.24, 2.45) is 4.99 Å². The fourth-order valence-corrected chi connectivity index (χ4v) is 2.59. The second-order valence-corrected chi connectivity index (χ2v) is 6.30. The number of rotatable bonds is 10. The number of ether oxygens (including phenoxy) is 1. The van der Waals surface area contributed by atoms with Crippen LogP contribution in [-0.4, -0.2) is 23.5 Å². The van der Waals surface area contributed by atoms with E-state index in [1.165, 1.54) is 12.3 Å². The van der Waals surface area contributed by atoms with Crippen molar-refractivity contribution in [1.82, 2.24) is 5.32 Å². The van der Waals surface area contributed by atoms with Gasteiger partial charge < -0.3 is 15.2 Å². The average molecular weight is 395 g/mol. The number of allylic oxidation sites excluding steroid dienone is 3. The van der Waals surface area contributed by atoms with Gasteiger partial charge in [-0.25, -0.2) is 4.99 Å². The lowest BCUT2D eigenvalue weighted by atomic mass is 10.0. The van der Waals surface area contributed by atoms with Crippen LogP contribution < -0.4 is 5.32 Å². The lowest BCUT2D eigenvalue weighted by Gasteiger charge is -2.11. The molecule has 0 saturated carbocycles. The largest absolute Gasteiger partial charge is 0.508 e. The molecule has 1 aromatic carbocycles. The number of hydrogen-bond acceptors (Lipinski definition) is 4. The number of nitrogens with zero attached hydrogens (tertiary/aromatic N) is 1. The van der Waals surface area contributed by atoms with Gasteiger partial charge in [-0.3, -0.25) is 4.79 Å². The normalized spacial score (nSPS) is 12.7. The van der Waals surface area contributed by atoms with E-state index in [1.807, 2.05) is 45.0 Å². The summed E-state index contributed by atoms with van der Waals surface area (Å²) < 4.78 is 5.72. The van der Waals surface area contributed by atoms with Gasteiger partial charge in [0.25, 0.3) is 0 Å². The maximum absolute atomic E-state index is 12.0. The molecule has 0 aliphatic carbocycles. The molecule has 0 spiro atoms. The zero-order valence-corrected chi connectivity index (χ0v) is 17.4. The molecule has 29 heavy (non-hydrogen) atoms. The van der Waals surface area contributed by atoms with Crippen LogP contribution in [0.1, 0.15) is 36.5 Å². The van der Waals surface area contributed by atoms with Crippen LogP contribution >= 0.6 is 0 Å². The summed E-state index contributed by atoms with van der Waals surface area (Å²) in [6.45, 7) is 13.4. The summed E-state index contributed by atoms with van der Waals surface area (Å²) in [6.07, 6.45) is 10.2. The van der Waals surface area contributed by atoms with E-state index in [9.17, 15) is 9.90 Å². The van der Waals surface area contributed by atoms with Crippen LogP contribution in [0.2, 0.25) is 0 Å². The molecule has 2 N–H and O–H groups in total. The summed E-state index contributed by atoms with van der Waals surface area (Å²) in [5, 5.41) is 12.4. The van der Waals surface area contributed by atoms with E-state index in [4.69, 9.17) is 4.74 Å². The zero-order valence-electron chi connectivity index (χ0n) is 17.4. The number of benzene rings is 1. The van der Waals surface area contributed by atoms with Crippen LogP contribution in [0.5, 0.6) is 0 Å². The first kappa shape index (κ1) is 23.7. The van der Waals surface area contributed by atoms with Gasteiger partial charge in [-0.15, -0.1) is 0 Å². The van der Waals surface area contributed by atoms with Gasteiger partial charge in [-0.2, -0.15) is 0 Å². The van der Waals surface area contributed by atoms with Gasteiger partial charge in [-0.1, -0.05) is 43.5 Å².